The molecule has 0 radical (unpaired) electrons. The van der Waals surface area contributed by atoms with Crippen molar-refractivity contribution < 1.29 is 4.74 Å². The average molecular weight is 437 g/mol. The van der Waals surface area contributed by atoms with E-state index in [9.17, 15) is 4.79 Å². The van der Waals surface area contributed by atoms with Crippen LogP contribution in [0.5, 0.6) is 5.88 Å². The molecule has 0 aliphatic heterocycles. The zero-order valence-corrected chi connectivity index (χ0v) is 18.5. The Labute approximate surface area is 183 Å². The molecule has 4 aromatic rings. The number of nitrogens with one attached hydrogen (secondary N) is 1. The van der Waals surface area contributed by atoms with Crippen molar-refractivity contribution in [3.05, 3.63) is 62.5 Å². The lowest BCUT2D eigenvalue weighted by Gasteiger charge is -2.10. The Bertz CT molecular complexity index is 1310. The van der Waals surface area contributed by atoms with E-state index in [1.165, 1.54) is 10.1 Å². The van der Waals surface area contributed by atoms with Gasteiger partial charge in [-0.25, -0.2) is 9.67 Å². The van der Waals surface area contributed by atoms with E-state index in [1.54, 1.807) is 24.5 Å². The summed E-state index contributed by atoms with van der Waals surface area (Å²) in [6, 6.07) is 9.99. The van der Waals surface area contributed by atoms with Gasteiger partial charge in [0.15, 0.2) is 0 Å². The summed E-state index contributed by atoms with van der Waals surface area (Å²) in [5, 5.41) is 14.3. The van der Waals surface area contributed by atoms with Crippen molar-refractivity contribution in [1.82, 2.24) is 24.5 Å². The average Bonchev–Trinajstić information content (AvgIpc) is 3.29. The number of thiazole rings is 1. The third kappa shape index (κ3) is 3.93. The predicted octanol–water partition coefficient (Wildman–Crippen LogP) is 3.23. The Morgan fingerprint density at radius 3 is 2.87 bits per heavy atom. The van der Waals surface area contributed by atoms with Gasteiger partial charge in [0, 0.05) is 48.5 Å². The van der Waals surface area contributed by atoms with Crippen molar-refractivity contribution >= 4 is 27.9 Å². The van der Waals surface area contributed by atoms with Gasteiger partial charge >= 0.3 is 0 Å². The lowest BCUT2D eigenvalue weighted by Crippen LogP contribution is -2.24. The molecule has 8 nitrogen and oxygen atoms in total. The highest BCUT2D eigenvalue weighted by atomic mass is 32.1. The van der Waals surface area contributed by atoms with Crippen LogP contribution in [0.4, 0.5) is 5.69 Å². The summed E-state index contributed by atoms with van der Waals surface area (Å²) in [5.74, 6) is 1.23. The monoisotopic (exact) mass is 436 g/mol. The molecular formula is C22H24N6O2S. The number of fused-ring (bicyclic) bond motifs is 1. The number of ether oxygens (including phenoxy) is 1. The van der Waals surface area contributed by atoms with Gasteiger partial charge in [0.25, 0.3) is 5.56 Å². The van der Waals surface area contributed by atoms with Crippen LogP contribution in [0.2, 0.25) is 0 Å². The van der Waals surface area contributed by atoms with Gasteiger partial charge in [-0.3, -0.25) is 9.48 Å². The van der Waals surface area contributed by atoms with E-state index in [4.69, 9.17) is 9.84 Å². The summed E-state index contributed by atoms with van der Waals surface area (Å²) < 4.78 is 9.22. The van der Waals surface area contributed by atoms with Crippen molar-refractivity contribution in [1.29, 1.82) is 0 Å². The number of benzene rings is 1. The Kier molecular flexibility index (Phi) is 4.97. The summed E-state index contributed by atoms with van der Waals surface area (Å²) in [5.41, 5.74) is 2.56. The van der Waals surface area contributed by atoms with Crippen LogP contribution in [-0.2, 0) is 20.6 Å². The molecule has 1 aliphatic carbocycles. The zero-order valence-electron chi connectivity index (χ0n) is 17.7. The highest BCUT2D eigenvalue weighted by molar-refractivity contribution is 7.11. The van der Waals surface area contributed by atoms with Gasteiger partial charge in [-0.15, -0.1) is 16.4 Å². The number of aryl methyl sites for hydroxylation is 3. The van der Waals surface area contributed by atoms with Crippen LogP contribution in [0.25, 0.3) is 10.9 Å². The minimum absolute atomic E-state index is 0.190. The molecule has 160 valence electrons. The molecule has 1 saturated carbocycles. The van der Waals surface area contributed by atoms with Gasteiger partial charge in [0.2, 0.25) is 5.88 Å². The highest BCUT2D eigenvalue weighted by Gasteiger charge is 2.42. The second kappa shape index (κ2) is 7.81. The normalized spacial score (nSPS) is 17.8. The topological polar surface area (TPSA) is 86.9 Å². The number of hydrogen-bond acceptors (Lipinski definition) is 7. The SMILES string of the molecule is Cc1cnc(CNc2cc(OC[C@H]3C[C@@H]3c3nn(C)c4ccccc34)nn(C)c2=O)s1. The molecule has 31 heavy (non-hydrogen) atoms. The van der Waals surface area contributed by atoms with E-state index in [0.29, 0.717) is 36.6 Å². The molecule has 2 atom stereocenters. The van der Waals surface area contributed by atoms with Crippen molar-refractivity contribution in [2.75, 3.05) is 11.9 Å². The summed E-state index contributed by atoms with van der Waals surface area (Å²) in [7, 11) is 3.61. The third-order valence-corrected chi connectivity index (χ3v) is 6.56. The van der Waals surface area contributed by atoms with Gasteiger partial charge in [-0.1, -0.05) is 18.2 Å². The quantitative estimate of drug-likeness (QED) is 0.479. The molecular weight excluding hydrogens is 412 g/mol. The standard InChI is InChI=1S/C22H24N6O2S/c1-13-10-24-20(31-13)11-23-17-9-19(25-28(3)22(17)29)30-12-14-8-16(14)21-15-6-4-5-7-18(15)27(2)26-21/h4-7,9-10,14,16,23H,8,11-12H2,1-3H3/t14-,16+/m1/s1. The molecule has 0 unspecified atom stereocenters. The third-order valence-electron chi connectivity index (χ3n) is 5.65. The van der Waals surface area contributed by atoms with Gasteiger partial charge < -0.3 is 10.1 Å². The first-order valence-corrected chi connectivity index (χ1v) is 11.1. The van der Waals surface area contributed by atoms with Crippen LogP contribution in [0.3, 0.4) is 0 Å². The lowest BCUT2D eigenvalue weighted by molar-refractivity contribution is 0.278. The minimum Gasteiger partial charge on any atom is -0.476 e. The molecule has 0 amide bonds. The maximum Gasteiger partial charge on any atom is 0.290 e. The van der Waals surface area contributed by atoms with Crippen LogP contribution in [0.1, 0.15) is 27.9 Å². The van der Waals surface area contributed by atoms with E-state index in [2.05, 4.69) is 33.6 Å². The van der Waals surface area contributed by atoms with Gasteiger partial charge in [0.1, 0.15) is 10.7 Å². The largest absolute Gasteiger partial charge is 0.476 e. The Morgan fingerprint density at radius 2 is 2.06 bits per heavy atom. The first-order valence-electron chi connectivity index (χ1n) is 10.3. The molecule has 9 heteroatoms. The Hall–Kier alpha value is -3.20. The number of nitrogens with zero attached hydrogens (tertiary/aromatic N) is 5. The van der Waals surface area contributed by atoms with Crippen LogP contribution in [-0.4, -0.2) is 31.2 Å². The number of aromatic nitrogens is 5. The second-order valence-electron chi connectivity index (χ2n) is 7.98. The van der Waals surface area contributed by atoms with Gasteiger partial charge in [-0.2, -0.15) is 5.10 Å². The molecule has 0 bridgehead atoms. The molecule has 0 saturated heterocycles. The molecule has 1 aliphatic rings. The fraction of sp³-hybridized carbons (Fsp3) is 0.364. The van der Waals surface area contributed by atoms with Crippen LogP contribution >= 0.6 is 11.3 Å². The van der Waals surface area contributed by atoms with Crippen molar-refractivity contribution in [2.24, 2.45) is 20.0 Å². The van der Waals surface area contributed by atoms with Crippen molar-refractivity contribution in [2.45, 2.75) is 25.8 Å². The fourth-order valence-electron chi connectivity index (χ4n) is 3.91. The minimum atomic E-state index is -0.190. The lowest BCUT2D eigenvalue weighted by atomic mass is 10.1. The van der Waals surface area contributed by atoms with Crippen molar-refractivity contribution in [3.8, 4) is 5.88 Å². The van der Waals surface area contributed by atoms with E-state index in [1.807, 2.05) is 30.9 Å². The Morgan fingerprint density at radius 1 is 1.23 bits per heavy atom. The van der Waals surface area contributed by atoms with Crippen LogP contribution < -0.4 is 15.6 Å². The summed E-state index contributed by atoms with van der Waals surface area (Å²) in [4.78, 5) is 17.9. The summed E-state index contributed by atoms with van der Waals surface area (Å²) in [6.07, 6.45) is 2.87. The summed E-state index contributed by atoms with van der Waals surface area (Å²) in [6.45, 7) is 3.05. The van der Waals surface area contributed by atoms with E-state index in [-0.39, 0.29) is 5.56 Å². The highest BCUT2D eigenvalue weighted by Crippen LogP contribution is 2.48. The molecule has 5 rings (SSSR count). The predicted molar refractivity (Wildman–Crippen MR) is 121 cm³/mol. The first-order chi connectivity index (χ1) is 15.0. The van der Waals surface area contributed by atoms with Gasteiger partial charge in [0.05, 0.1) is 24.4 Å². The zero-order chi connectivity index (χ0) is 21.5. The van der Waals surface area contributed by atoms with Crippen LogP contribution in [0, 0.1) is 12.8 Å². The maximum atomic E-state index is 12.4. The van der Waals surface area contributed by atoms with E-state index < -0.39 is 0 Å². The number of rotatable bonds is 7. The first kappa shape index (κ1) is 19.7. The van der Waals surface area contributed by atoms with E-state index in [0.717, 1.165) is 27.5 Å². The van der Waals surface area contributed by atoms with Gasteiger partial charge in [-0.05, 0) is 19.4 Å². The molecule has 1 fully saturated rings. The van der Waals surface area contributed by atoms with Crippen molar-refractivity contribution in [3.63, 3.8) is 0 Å². The molecule has 3 heterocycles. The smallest absolute Gasteiger partial charge is 0.290 e. The maximum absolute atomic E-state index is 12.4. The molecule has 1 N–H and O–H groups in total. The molecule has 3 aromatic heterocycles. The van der Waals surface area contributed by atoms with Crippen LogP contribution in [0.15, 0.2) is 41.3 Å². The molecule has 0 spiro atoms. The number of hydrogen-bond donors (Lipinski definition) is 1. The Balaban J connectivity index is 1.25. The number of para-hydroxylation sites is 1. The molecule has 1 aromatic carbocycles. The van der Waals surface area contributed by atoms with E-state index >= 15 is 0 Å². The summed E-state index contributed by atoms with van der Waals surface area (Å²) >= 11 is 1.61. The fourth-order valence-corrected chi connectivity index (χ4v) is 4.63. The number of anilines is 1. The second-order valence-corrected chi connectivity index (χ2v) is 9.30.